The molecule has 0 saturated carbocycles. The third kappa shape index (κ3) is 3.68. The fourth-order valence-corrected chi connectivity index (χ4v) is 3.91. The number of hydrogen-bond acceptors (Lipinski definition) is 5. The summed E-state index contributed by atoms with van der Waals surface area (Å²) in [6.07, 6.45) is 0.836. The number of hydrogen-bond donors (Lipinski definition) is 1. The normalized spacial score (nSPS) is 10.9. The van der Waals surface area contributed by atoms with Gasteiger partial charge in [0.1, 0.15) is 4.70 Å². The average molecular weight is 359 g/mol. The predicted octanol–water partition coefficient (Wildman–Crippen LogP) is 3.60. The van der Waals surface area contributed by atoms with Crippen LogP contribution in [0, 0.1) is 0 Å². The van der Waals surface area contributed by atoms with E-state index in [9.17, 15) is 9.59 Å². The zero-order valence-electron chi connectivity index (χ0n) is 13.2. The van der Waals surface area contributed by atoms with Crippen LogP contribution >= 0.6 is 23.1 Å². The van der Waals surface area contributed by atoms with Crippen LogP contribution in [0.15, 0.2) is 51.7 Å². The van der Waals surface area contributed by atoms with Gasteiger partial charge >= 0.3 is 0 Å². The molecule has 1 N–H and O–H groups in total. The van der Waals surface area contributed by atoms with E-state index in [0.717, 1.165) is 12.1 Å². The van der Waals surface area contributed by atoms with Crippen molar-refractivity contribution in [1.82, 2.24) is 9.55 Å². The SMILES string of the molecule is CCCn1c(SCC(=O)Nc2ccccc2)nc2ccsc2c1=O. The van der Waals surface area contributed by atoms with Gasteiger partial charge in [0.25, 0.3) is 5.56 Å². The standard InChI is InChI=1S/C17H17N3O2S2/c1-2-9-20-16(22)15-13(8-10-23-15)19-17(20)24-11-14(21)18-12-6-4-3-5-7-12/h3-8,10H,2,9,11H2,1H3,(H,18,21). The number of nitrogens with one attached hydrogen (secondary N) is 1. The first-order valence-electron chi connectivity index (χ1n) is 7.64. The number of fused-ring (bicyclic) bond motifs is 1. The van der Waals surface area contributed by atoms with Gasteiger partial charge in [0.2, 0.25) is 5.91 Å². The number of anilines is 1. The first-order chi connectivity index (χ1) is 11.7. The highest BCUT2D eigenvalue weighted by Crippen LogP contribution is 2.21. The van der Waals surface area contributed by atoms with Crippen molar-refractivity contribution in [3.8, 4) is 0 Å². The lowest BCUT2D eigenvalue weighted by Gasteiger charge is -2.11. The van der Waals surface area contributed by atoms with E-state index < -0.39 is 0 Å². The summed E-state index contributed by atoms with van der Waals surface area (Å²) in [5, 5.41) is 5.30. The maximum Gasteiger partial charge on any atom is 0.272 e. The van der Waals surface area contributed by atoms with Gasteiger partial charge < -0.3 is 5.32 Å². The highest BCUT2D eigenvalue weighted by atomic mass is 32.2. The number of thiophene rings is 1. The fraction of sp³-hybridized carbons (Fsp3) is 0.235. The highest BCUT2D eigenvalue weighted by Gasteiger charge is 2.13. The number of amides is 1. The summed E-state index contributed by atoms with van der Waals surface area (Å²) in [4.78, 5) is 29.2. The molecule has 0 fully saturated rings. The maximum absolute atomic E-state index is 12.6. The minimum Gasteiger partial charge on any atom is -0.325 e. The second kappa shape index (κ2) is 7.63. The molecule has 1 aromatic carbocycles. The second-order valence-corrected chi connectivity index (χ2v) is 7.05. The van der Waals surface area contributed by atoms with E-state index in [1.54, 1.807) is 4.57 Å². The molecule has 0 unspecified atom stereocenters. The van der Waals surface area contributed by atoms with Crippen LogP contribution in [-0.4, -0.2) is 21.2 Å². The molecule has 2 heterocycles. The number of thioether (sulfide) groups is 1. The molecule has 0 aliphatic rings. The van der Waals surface area contributed by atoms with Gasteiger partial charge in [0.15, 0.2) is 5.16 Å². The first-order valence-corrected chi connectivity index (χ1v) is 9.51. The van der Waals surface area contributed by atoms with E-state index >= 15 is 0 Å². The molecule has 5 nitrogen and oxygen atoms in total. The zero-order valence-corrected chi connectivity index (χ0v) is 14.8. The van der Waals surface area contributed by atoms with E-state index in [1.165, 1.54) is 23.1 Å². The Kier molecular flexibility index (Phi) is 5.32. The van der Waals surface area contributed by atoms with Gasteiger partial charge in [0, 0.05) is 12.2 Å². The number of aromatic nitrogens is 2. The van der Waals surface area contributed by atoms with Gasteiger partial charge in [-0.05, 0) is 30.0 Å². The fourth-order valence-electron chi connectivity index (χ4n) is 2.30. The van der Waals surface area contributed by atoms with Crippen molar-refractivity contribution in [2.24, 2.45) is 0 Å². The molecule has 3 rings (SSSR count). The van der Waals surface area contributed by atoms with Gasteiger partial charge in [-0.25, -0.2) is 4.98 Å². The molecule has 0 atom stereocenters. The van der Waals surface area contributed by atoms with E-state index in [1.807, 2.05) is 48.7 Å². The molecule has 124 valence electrons. The van der Waals surface area contributed by atoms with Gasteiger partial charge in [-0.15, -0.1) is 11.3 Å². The lowest BCUT2D eigenvalue weighted by atomic mass is 10.3. The molecule has 0 radical (unpaired) electrons. The van der Waals surface area contributed by atoms with Crippen molar-refractivity contribution in [2.75, 3.05) is 11.1 Å². The predicted molar refractivity (Wildman–Crippen MR) is 100.0 cm³/mol. The third-order valence-electron chi connectivity index (χ3n) is 3.37. The Labute approximate surface area is 147 Å². The van der Waals surface area contributed by atoms with Crippen molar-refractivity contribution >= 4 is 44.9 Å². The summed E-state index contributed by atoms with van der Waals surface area (Å²) in [6, 6.07) is 11.2. The molecule has 0 aliphatic heterocycles. The van der Waals surface area contributed by atoms with Crippen molar-refractivity contribution in [1.29, 1.82) is 0 Å². The topological polar surface area (TPSA) is 64.0 Å². The molecule has 7 heteroatoms. The average Bonchev–Trinajstić information content (AvgIpc) is 3.05. The molecule has 0 aliphatic carbocycles. The molecular formula is C17H17N3O2S2. The minimum absolute atomic E-state index is 0.0252. The summed E-state index contributed by atoms with van der Waals surface area (Å²) in [6.45, 7) is 2.62. The zero-order chi connectivity index (χ0) is 16.9. The van der Waals surface area contributed by atoms with E-state index in [4.69, 9.17) is 0 Å². The Morgan fingerprint density at radius 1 is 1.29 bits per heavy atom. The number of carbonyl (C=O) groups excluding carboxylic acids is 1. The second-order valence-electron chi connectivity index (χ2n) is 5.19. The van der Waals surface area contributed by atoms with Gasteiger partial charge in [-0.1, -0.05) is 36.9 Å². The number of carbonyl (C=O) groups is 1. The molecule has 0 spiro atoms. The monoisotopic (exact) mass is 359 g/mol. The smallest absolute Gasteiger partial charge is 0.272 e. The van der Waals surface area contributed by atoms with Crippen molar-refractivity contribution in [3.63, 3.8) is 0 Å². The Morgan fingerprint density at radius 3 is 2.83 bits per heavy atom. The van der Waals surface area contributed by atoms with E-state index in [-0.39, 0.29) is 17.2 Å². The summed E-state index contributed by atoms with van der Waals surface area (Å²) in [5.41, 5.74) is 1.43. The van der Waals surface area contributed by atoms with E-state index in [0.29, 0.717) is 21.9 Å². The minimum atomic E-state index is -0.117. The molecule has 3 aromatic rings. The summed E-state index contributed by atoms with van der Waals surface area (Å²) < 4.78 is 2.33. The molecule has 2 aromatic heterocycles. The Balaban J connectivity index is 1.77. The van der Waals surface area contributed by atoms with Crippen molar-refractivity contribution in [2.45, 2.75) is 25.0 Å². The van der Waals surface area contributed by atoms with Crippen LogP contribution in [0.1, 0.15) is 13.3 Å². The van der Waals surface area contributed by atoms with Gasteiger partial charge in [-0.2, -0.15) is 0 Å². The third-order valence-corrected chi connectivity index (χ3v) is 5.24. The Morgan fingerprint density at radius 2 is 2.08 bits per heavy atom. The first kappa shape index (κ1) is 16.7. The molecule has 24 heavy (non-hydrogen) atoms. The summed E-state index contributed by atoms with van der Waals surface area (Å²) >= 11 is 2.70. The summed E-state index contributed by atoms with van der Waals surface area (Å²) in [7, 11) is 0. The lowest BCUT2D eigenvalue weighted by Crippen LogP contribution is -2.23. The largest absolute Gasteiger partial charge is 0.325 e. The summed E-state index contributed by atoms with van der Waals surface area (Å²) in [5.74, 6) is 0.0923. The number of rotatable bonds is 6. The van der Waals surface area contributed by atoms with Crippen LogP contribution in [0.25, 0.3) is 10.2 Å². The van der Waals surface area contributed by atoms with Crippen LogP contribution in [0.3, 0.4) is 0 Å². The lowest BCUT2D eigenvalue weighted by molar-refractivity contribution is -0.113. The number of benzene rings is 1. The molecular weight excluding hydrogens is 342 g/mol. The van der Waals surface area contributed by atoms with Crippen LogP contribution in [-0.2, 0) is 11.3 Å². The maximum atomic E-state index is 12.6. The van der Waals surface area contributed by atoms with Crippen molar-refractivity contribution < 1.29 is 4.79 Å². The molecule has 1 amide bonds. The van der Waals surface area contributed by atoms with Crippen molar-refractivity contribution in [3.05, 3.63) is 52.1 Å². The van der Waals surface area contributed by atoms with Crippen LogP contribution < -0.4 is 10.9 Å². The highest BCUT2D eigenvalue weighted by molar-refractivity contribution is 7.99. The number of nitrogens with zero attached hydrogens (tertiary/aromatic N) is 2. The van der Waals surface area contributed by atoms with Gasteiger partial charge in [-0.3, -0.25) is 14.2 Å². The van der Waals surface area contributed by atoms with Crippen LogP contribution in [0.5, 0.6) is 0 Å². The van der Waals surface area contributed by atoms with Crippen LogP contribution in [0.2, 0.25) is 0 Å². The molecule has 0 saturated heterocycles. The quantitative estimate of drug-likeness (QED) is 0.539. The van der Waals surface area contributed by atoms with Crippen LogP contribution in [0.4, 0.5) is 5.69 Å². The number of para-hydroxylation sites is 1. The molecule has 0 bridgehead atoms. The Hall–Kier alpha value is -2.12. The van der Waals surface area contributed by atoms with E-state index in [2.05, 4.69) is 10.3 Å². The van der Waals surface area contributed by atoms with Gasteiger partial charge in [0.05, 0.1) is 11.3 Å². The Bertz CT molecular complexity index is 903.